The van der Waals surface area contributed by atoms with Crippen LogP contribution >= 0.6 is 24.8 Å². The Hall–Kier alpha value is -2.06. The normalized spacial score (nSPS) is 14.6. The number of pyridine rings is 1. The monoisotopic (exact) mass is 457 g/mol. The van der Waals surface area contributed by atoms with Crippen molar-refractivity contribution in [2.24, 2.45) is 5.41 Å². The van der Waals surface area contributed by atoms with E-state index in [1.54, 1.807) is 20.4 Å². The van der Waals surface area contributed by atoms with Crippen LogP contribution in [-0.4, -0.2) is 44.8 Å². The van der Waals surface area contributed by atoms with Gasteiger partial charge in [0, 0.05) is 25.9 Å². The van der Waals surface area contributed by atoms with Crippen LogP contribution in [0.4, 0.5) is 0 Å². The lowest BCUT2D eigenvalue weighted by Crippen LogP contribution is -2.49. The van der Waals surface area contributed by atoms with Crippen molar-refractivity contribution in [2.75, 3.05) is 33.9 Å². The van der Waals surface area contributed by atoms with Crippen LogP contribution in [-0.2, 0) is 16.1 Å². The summed E-state index contributed by atoms with van der Waals surface area (Å²) in [7, 11) is 3.26. The maximum Gasteiger partial charge on any atom is 0.228 e. The minimum atomic E-state index is -0.463. The van der Waals surface area contributed by atoms with Gasteiger partial charge in [-0.15, -0.1) is 24.8 Å². The lowest BCUT2D eigenvalue weighted by molar-refractivity contribution is -0.136. The van der Waals surface area contributed by atoms with E-state index in [0.717, 1.165) is 37.2 Å². The molecule has 0 bridgehead atoms. The van der Waals surface area contributed by atoms with Gasteiger partial charge in [-0.2, -0.15) is 0 Å². The van der Waals surface area contributed by atoms with Crippen molar-refractivity contribution in [1.82, 2.24) is 15.6 Å². The number of piperidine rings is 1. The van der Waals surface area contributed by atoms with E-state index in [2.05, 4.69) is 15.6 Å². The van der Waals surface area contributed by atoms with Gasteiger partial charge in [0.1, 0.15) is 11.5 Å². The van der Waals surface area contributed by atoms with Gasteiger partial charge in [0.15, 0.2) is 0 Å². The average Bonchev–Trinajstić information content (AvgIpc) is 2.74. The van der Waals surface area contributed by atoms with Crippen LogP contribution in [0.15, 0.2) is 42.6 Å². The molecule has 1 aromatic carbocycles. The van der Waals surface area contributed by atoms with Crippen molar-refractivity contribution in [3.8, 4) is 17.4 Å². The van der Waals surface area contributed by atoms with Crippen molar-refractivity contribution >= 4 is 30.7 Å². The summed E-state index contributed by atoms with van der Waals surface area (Å²) < 4.78 is 16.3. The van der Waals surface area contributed by atoms with Crippen LogP contribution in [0.3, 0.4) is 0 Å². The Morgan fingerprint density at radius 2 is 1.77 bits per heavy atom. The summed E-state index contributed by atoms with van der Waals surface area (Å²) in [5, 5.41) is 6.35. The Morgan fingerprint density at radius 3 is 2.40 bits per heavy atom. The van der Waals surface area contributed by atoms with E-state index >= 15 is 0 Å². The summed E-state index contributed by atoms with van der Waals surface area (Å²) in [5.74, 6) is 1.94. The van der Waals surface area contributed by atoms with Gasteiger partial charge >= 0.3 is 0 Å². The number of rotatable bonds is 8. The van der Waals surface area contributed by atoms with Gasteiger partial charge in [-0.1, -0.05) is 0 Å². The average molecular weight is 458 g/mol. The molecule has 0 saturated carbocycles. The molecule has 2 aromatic rings. The second-order valence-electron chi connectivity index (χ2n) is 6.93. The third-order valence-corrected chi connectivity index (χ3v) is 5.00. The zero-order valence-corrected chi connectivity index (χ0v) is 18.8. The molecule has 30 heavy (non-hydrogen) atoms. The number of benzene rings is 1. The molecule has 3 rings (SSSR count). The molecule has 7 nitrogen and oxygen atoms in total. The minimum Gasteiger partial charge on any atom is -0.497 e. The minimum absolute atomic E-state index is 0. The fourth-order valence-corrected chi connectivity index (χ4v) is 3.37. The first kappa shape index (κ1) is 26.0. The van der Waals surface area contributed by atoms with Crippen molar-refractivity contribution in [3.63, 3.8) is 0 Å². The molecular formula is C21H29Cl2N3O4. The Balaban J connectivity index is 0.00000225. The fraction of sp³-hybridized carbons (Fsp3) is 0.429. The standard InChI is InChI=1S/C21H27N3O4.2ClH/c1-26-15-21(8-11-22-12-9-21)20(25)24-14-16-7-10-23-19(13-16)28-18-5-3-17(27-2)4-6-18;;/h3-7,10,13,22H,8-9,11-12,14-15H2,1-2H3,(H,24,25);2*1H. The number of hydrogen-bond donors (Lipinski definition) is 2. The van der Waals surface area contributed by atoms with E-state index in [4.69, 9.17) is 14.2 Å². The van der Waals surface area contributed by atoms with Crippen LogP contribution < -0.4 is 20.1 Å². The maximum absolute atomic E-state index is 12.8. The third kappa shape index (κ3) is 6.74. The second kappa shape index (κ2) is 12.6. The summed E-state index contributed by atoms with van der Waals surface area (Å²) in [4.78, 5) is 17.1. The number of carbonyl (C=O) groups is 1. The van der Waals surface area contributed by atoms with Crippen molar-refractivity contribution in [1.29, 1.82) is 0 Å². The highest BCUT2D eigenvalue weighted by molar-refractivity contribution is 5.85. The Kier molecular flexibility index (Phi) is 10.9. The molecule has 0 radical (unpaired) electrons. The first-order valence-corrected chi connectivity index (χ1v) is 9.40. The highest BCUT2D eigenvalue weighted by atomic mass is 35.5. The Labute approximate surface area is 189 Å². The van der Waals surface area contributed by atoms with Crippen molar-refractivity contribution in [2.45, 2.75) is 19.4 Å². The SMILES string of the molecule is COCC1(C(=O)NCc2ccnc(Oc3ccc(OC)cc3)c2)CCNCC1.Cl.Cl. The van der Waals surface area contributed by atoms with Crippen LogP contribution in [0.2, 0.25) is 0 Å². The largest absolute Gasteiger partial charge is 0.497 e. The molecule has 1 aliphatic heterocycles. The summed E-state index contributed by atoms with van der Waals surface area (Å²) in [6, 6.07) is 11.0. The Bertz CT molecular complexity index is 779. The summed E-state index contributed by atoms with van der Waals surface area (Å²) in [6.45, 7) is 2.50. The van der Waals surface area contributed by atoms with Crippen molar-refractivity contribution < 1.29 is 19.0 Å². The molecule has 0 spiro atoms. The quantitative estimate of drug-likeness (QED) is 0.632. The van der Waals surface area contributed by atoms with E-state index < -0.39 is 5.41 Å². The van der Waals surface area contributed by atoms with Crippen molar-refractivity contribution in [3.05, 3.63) is 48.2 Å². The van der Waals surface area contributed by atoms with E-state index in [0.29, 0.717) is 24.8 Å². The lowest BCUT2D eigenvalue weighted by Gasteiger charge is -2.35. The Morgan fingerprint density at radius 1 is 1.10 bits per heavy atom. The fourth-order valence-electron chi connectivity index (χ4n) is 3.37. The second-order valence-corrected chi connectivity index (χ2v) is 6.93. The van der Waals surface area contributed by atoms with Gasteiger partial charge < -0.3 is 24.8 Å². The van der Waals surface area contributed by atoms with Gasteiger partial charge in [-0.3, -0.25) is 4.79 Å². The number of amides is 1. The number of nitrogens with zero attached hydrogens (tertiary/aromatic N) is 1. The van der Waals surface area contributed by atoms with E-state index in [1.807, 2.05) is 36.4 Å². The zero-order valence-electron chi connectivity index (χ0n) is 17.2. The number of carbonyl (C=O) groups excluding carboxylic acids is 1. The first-order chi connectivity index (χ1) is 13.6. The third-order valence-electron chi connectivity index (χ3n) is 5.00. The molecular weight excluding hydrogens is 429 g/mol. The van der Waals surface area contributed by atoms with Crippen LogP contribution in [0.25, 0.3) is 0 Å². The molecule has 1 fully saturated rings. The lowest BCUT2D eigenvalue weighted by atomic mass is 9.78. The first-order valence-electron chi connectivity index (χ1n) is 9.40. The van der Waals surface area contributed by atoms with E-state index in [-0.39, 0.29) is 30.7 Å². The topological polar surface area (TPSA) is 81.7 Å². The predicted octanol–water partition coefficient (Wildman–Crippen LogP) is 3.36. The number of nitrogens with one attached hydrogen (secondary N) is 2. The number of halogens is 2. The highest BCUT2D eigenvalue weighted by Gasteiger charge is 2.39. The molecule has 2 heterocycles. The number of aromatic nitrogens is 1. The summed E-state index contributed by atoms with van der Waals surface area (Å²) in [6.07, 6.45) is 3.22. The molecule has 0 unspecified atom stereocenters. The zero-order chi connectivity index (χ0) is 19.8. The molecule has 1 aliphatic rings. The molecule has 2 N–H and O–H groups in total. The number of ether oxygens (including phenoxy) is 3. The molecule has 166 valence electrons. The van der Waals surface area contributed by atoms with Gasteiger partial charge in [0.25, 0.3) is 0 Å². The number of methoxy groups -OCH3 is 2. The predicted molar refractivity (Wildman–Crippen MR) is 120 cm³/mol. The highest BCUT2D eigenvalue weighted by Crippen LogP contribution is 2.29. The summed E-state index contributed by atoms with van der Waals surface area (Å²) >= 11 is 0. The maximum atomic E-state index is 12.8. The van der Waals surface area contributed by atoms with Gasteiger partial charge in [-0.05, 0) is 61.8 Å². The van der Waals surface area contributed by atoms with Gasteiger partial charge in [0.05, 0.1) is 19.1 Å². The smallest absolute Gasteiger partial charge is 0.228 e. The molecule has 9 heteroatoms. The molecule has 1 saturated heterocycles. The van der Waals surface area contributed by atoms with E-state index in [9.17, 15) is 4.79 Å². The molecule has 1 aromatic heterocycles. The van der Waals surface area contributed by atoms with E-state index in [1.165, 1.54) is 0 Å². The van der Waals surface area contributed by atoms with Crippen LogP contribution in [0, 0.1) is 5.41 Å². The molecule has 1 amide bonds. The van der Waals surface area contributed by atoms with Gasteiger partial charge in [-0.25, -0.2) is 4.98 Å². The van der Waals surface area contributed by atoms with Crippen LogP contribution in [0.1, 0.15) is 18.4 Å². The van der Waals surface area contributed by atoms with Gasteiger partial charge in [0.2, 0.25) is 11.8 Å². The molecule has 0 atom stereocenters. The number of hydrogen-bond acceptors (Lipinski definition) is 6. The molecule has 0 aliphatic carbocycles. The van der Waals surface area contributed by atoms with Crippen LogP contribution in [0.5, 0.6) is 17.4 Å². The summed E-state index contributed by atoms with van der Waals surface area (Å²) in [5.41, 5.74) is 0.462.